The number of methoxy groups -OCH3 is 1. The molecule has 1 aromatic rings. The number of ether oxygens (including phenoxy) is 1. The maximum absolute atomic E-state index is 12.4. The Bertz CT molecular complexity index is 502. The van der Waals surface area contributed by atoms with E-state index in [-0.39, 0.29) is 11.4 Å². The summed E-state index contributed by atoms with van der Waals surface area (Å²) < 4.78 is 5.31. The molecule has 2 aliphatic heterocycles. The van der Waals surface area contributed by atoms with Crippen molar-refractivity contribution in [3.05, 3.63) is 24.0 Å². The van der Waals surface area contributed by atoms with E-state index >= 15 is 0 Å². The number of likely N-dealkylation sites (N-methyl/N-ethyl adjacent to an activating group) is 1. The standard InChI is InChI=1S/C15H22N4O2/c1-18-6-4-12(9-21-2)7-15(18)10-19(11-15)14(20)13-3-5-16-17-8-13/h3,5,8,12H,4,6-7,9-11H2,1-2H3/t12-/m1/s1. The normalized spacial score (nSPS) is 24.9. The van der Waals surface area contributed by atoms with Gasteiger partial charge in [-0.2, -0.15) is 10.2 Å². The van der Waals surface area contributed by atoms with Crippen LogP contribution in [0.15, 0.2) is 18.5 Å². The first-order chi connectivity index (χ1) is 10.1. The molecule has 3 rings (SSSR count). The second-order valence-electron chi connectivity index (χ2n) is 6.25. The highest BCUT2D eigenvalue weighted by Crippen LogP contribution is 2.38. The minimum absolute atomic E-state index is 0.0535. The number of likely N-dealkylation sites (tertiary alicyclic amines) is 2. The van der Waals surface area contributed by atoms with Crippen LogP contribution in [0.5, 0.6) is 0 Å². The van der Waals surface area contributed by atoms with Gasteiger partial charge in [0.1, 0.15) is 0 Å². The summed E-state index contributed by atoms with van der Waals surface area (Å²) in [5.74, 6) is 0.656. The maximum Gasteiger partial charge on any atom is 0.255 e. The van der Waals surface area contributed by atoms with Crippen LogP contribution in [-0.2, 0) is 4.74 Å². The first kappa shape index (κ1) is 14.4. The Morgan fingerprint density at radius 1 is 1.48 bits per heavy atom. The van der Waals surface area contributed by atoms with Gasteiger partial charge in [0, 0.05) is 26.8 Å². The first-order valence-corrected chi connectivity index (χ1v) is 7.41. The number of hydrogen-bond acceptors (Lipinski definition) is 5. The summed E-state index contributed by atoms with van der Waals surface area (Å²) in [6.07, 6.45) is 5.37. The smallest absolute Gasteiger partial charge is 0.255 e. The summed E-state index contributed by atoms with van der Waals surface area (Å²) in [5.41, 5.74) is 0.754. The quantitative estimate of drug-likeness (QED) is 0.818. The number of aromatic nitrogens is 2. The van der Waals surface area contributed by atoms with Crippen LogP contribution in [0, 0.1) is 5.92 Å². The predicted octanol–water partition coefficient (Wildman–Crippen LogP) is 0.659. The highest BCUT2D eigenvalue weighted by atomic mass is 16.5. The molecule has 1 aromatic heterocycles. The zero-order valence-electron chi connectivity index (χ0n) is 12.7. The van der Waals surface area contributed by atoms with Gasteiger partial charge in [-0.1, -0.05) is 0 Å². The van der Waals surface area contributed by atoms with E-state index in [4.69, 9.17) is 4.74 Å². The van der Waals surface area contributed by atoms with Crippen molar-refractivity contribution >= 4 is 5.91 Å². The summed E-state index contributed by atoms with van der Waals surface area (Å²) >= 11 is 0. The fraction of sp³-hybridized carbons (Fsp3) is 0.667. The van der Waals surface area contributed by atoms with Gasteiger partial charge in [-0.05, 0) is 38.4 Å². The van der Waals surface area contributed by atoms with Crippen molar-refractivity contribution in [1.82, 2.24) is 20.0 Å². The molecule has 0 N–H and O–H groups in total. The van der Waals surface area contributed by atoms with Crippen molar-refractivity contribution in [2.45, 2.75) is 18.4 Å². The lowest BCUT2D eigenvalue weighted by Gasteiger charge is -2.58. The Hall–Kier alpha value is -1.53. The second kappa shape index (κ2) is 5.69. The number of nitrogens with zero attached hydrogens (tertiary/aromatic N) is 4. The van der Waals surface area contributed by atoms with Gasteiger partial charge in [0.25, 0.3) is 5.91 Å². The third-order valence-electron chi connectivity index (χ3n) is 4.84. The molecule has 3 heterocycles. The van der Waals surface area contributed by atoms with E-state index in [2.05, 4.69) is 22.1 Å². The third-order valence-corrected chi connectivity index (χ3v) is 4.84. The van der Waals surface area contributed by atoms with E-state index in [9.17, 15) is 4.79 Å². The molecule has 1 spiro atoms. The predicted molar refractivity (Wildman–Crippen MR) is 77.9 cm³/mol. The van der Waals surface area contributed by atoms with Gasteiger partial charge < -0.3 is 9.64 Å². The van der Waals surface area contributed by atoms with Crippen LogP contribution in [-0.4, -0.2) is 71.8 Å². The van der Waals surface area contributed by atoms with Gasteiger partial charge in [0.15, 0.2) is 0 Å². The van der Waals surface area contributed by atoms with Crippen molar-refractivity contribution < 1.29 is 9.53 Å². The number of carbonyl (C=O) groups is 1. The van der Waals surface area contributed by atoms with Crippen LogP contribution in [0.4, 0.5) is 0 Å². The summed E-state index contributed by atoms with van der Waals surface area (Å²) in [6, 6.07) is 1.72. The monoisotopic (exact) mass is 290 g/mol. The fourth-order valence-electron chi connectivity index (χ4n) is 3.56. The van der Waals surface area contributed by atoms with Gasteiger partial charge >= 0.3 is 0 Å². The summed E-state index contributed by atoms with van der Waals surface area (Å²) in [5, 5.41) is 7.49. The number of piperidine rings is 1. The highest BCUT2D eigenvalue weighted by molar-refractivity contribution is 5.94. The van der Waals surface area contributed by atoms with Crippen LogP contribution in [0.25, 0.3) is 0 Å². The molecular weight excluding hydrogens is 268 g/mol. The molecule has 0 radical (unpaired) electrons. The molecule has 114 valence electrons. The lowest BCUT2D eigenvalue weighted by molar-refractivity contribution is -0.0731. The summed E-state index contributed by atoms with van der Waals surface area (Å²) in [6.45, 7) is 3.49. The molecule has 1 atom stereocenters. The Labute approximate surface area is 125 Å². The lowest BCUT2D eigenvalue weighted by atomic mass is 9.75. The molecule has 2 saturated heterocycles. The van der Waals surface area contributed by atoms with E-state index in [0.29, 0.717) is 11.5 Å². The van der Waals surface area contributed by atoms with Crippen LogP contribution in [0.1, 0.15) is 23.2 Å². The zero-order chi connectivity index (χ0) is 14.9. The summed E-state index contributed by atoms with van der Waals surface area (Å²) in [7, 11) is 3.93. The molecule has 0 aliphatic carbocycles. The van der Waals surface area contributed by atoms with Crippen LogP contribution in [0.3, 0.4) is 0 Å². The van der Waals surface area contributed by atoms with E-state index in [0.717, 1.165) is 32.7 Å². The van der Waals surface area contributed by atoms with Crippen molar-refractivity contribution in [1.29, 1.82) is 0 Å². The first-order valence-electron chi connectivity index (χ1n) is 7.41. The molecule has 6 heteroatoms. The van der Waals surface area contributed by atoms with E-state index in [1.54, 1.807) is 19.4 Å². The van der Waals surface area contributed by atoms with Crippen LogP contribution >= 0.6 is 0 Å². The Kier molecular flexibility index (Phi) is 3.91. The van der Waals surface area contributed by atoms with Gasteiger partial charge in [-0.3, -0.25) is 9.69 Å². The van der Waals surface area contributed by atoms with Crippen LogP contribution < -0.4 is 0 Å². The molecule has 0 saturated carbocycles. The van der Waals surface area contributed by atoms with Gasteiger partial charge in [-0.15, -0.1) is 0 Å². The molecule has 21 heavy (non-hydrogen) atoms. The van der Waals surface area contributed by atoms with Crippen molar-refractivity contribution in [2.75, 3.05) is 40.4 Å². The van der Waals surface area contributed by atoms with E-state index < -0.39 is 0 Å². The van der Waals surface area contributed by atoms with Crippen molar-refractivity contribution in [3.63, 3.8) is 0 Å². The van der Waals surface area contributed by atoms with Crippen molar-refractivity contribution in [3.8, 4) is 0 Å². The molecule has 0 bridgehead atoms. The average Bonchev–Trinajstić information content (AvgIpc) is 2.47. The molecule has 2 aliphatic rings. The average molecular weight is 290 g/mol. The third kappa shape index (κ3) is 2.65. The number of amides is 1. The van der Waals surface area contributed by atoms with Crippen LogP contribution in [0.2, 0.25) is 0 Å². The van der Waals surface area contributed by atoms with Crippen molar-refractivity contribution in [2.24, 2.45) is 5.92 Å². The van der Waals surface area contributed by atoms with E-state index in [1.165, 1.54) is 12.6 Å². The highest BCUT2D eigenvalue weighted by Gasteiger charge is 2.50. The Morgan fingerprint density at radius 3 is 2.95 bits per heavy atom. The minimum Gasteiger partial charge on any atom is -0.384 e. The molecular formula is C15H22N4O2. The maximum atomic E-state index is 12.4. The van der Waals surface area contributed by atoms with Gasteiger partial charge in [-0.25, -0.2) is 0 Å². The fourth-order valence-corrected chi connectivity index (χ4v) is 3.56. The molecule has 0 aromatic carbocycles. The number of rotatable bonds is 3. The molecule has 2 fully saturated rings. The molecule has 1 amide bonds. The Balaban J connectivity index is 1.64. The summed E-state index contributed by atoms with van der Waals surface area (Å²) in [4.78, 5) is 16.7. The largest absolute Gasteiger partial charge is 0.384 e. The topological polar surface area (TPSA) is 58.6 Å². The van der Waals surface area contributed by atoms with Gasteiger partial charge in [0.2, 0.25) is 0 Å². The van der Waals surface area contributed by atoms with Gasteiger partial charge in [0.05, 0.1) is 23.5 Å². The Morgan fingerprint density at radius 2 is 2.29 bits per heavy atom. The SMILES string of the molecule is COC[C@@H]1CCN(C)C2(C1)CN(C(=O)c1ccnnc1)C2. The lowest BCUT2D eigenvalue weighted by Crippen LogP contribution is -2.72. The number of hydrogen-bond donors (Lipinski definition) is 0. The number of carbonyl (C=O) groups excluding carboxylic acids is 1. The van der Waals surface area contributed by atoms with E-state index in [1.807, 2.05) is 4.90 Å². The minimum atomic E-state index is 0.0535. The molecule has 0 unspecified atom stereocenters. The zero-order valence-corrected chi connectivity index (χ0v) is 12.7. The second-order valence-corrected chi connectivity index (χ2v) is 6.25. The molecule has 6 nitrogen and oxygen atoms in total.